The Labute approximate surface area is 173 Å². The Kier molecular flexibility index (Phi) is 5.38. The van der Waals surface area contributed by atoms with Crippen LogP contribution in [0.5, 0.6) is 0 Å². The summed E-state index contributed by atoms with van der Waals surface area (Å²) in [5.74, 6) is 0.516. The van der Waals surface area contributed by atoms with Gasteiger partial charge in [0.15, 0.2) is 15.0 Å². The van der Waals surface area contributed by atoms with E-state index in [-0.39, 0.29) is 10.8 Å². The predicted molar refractivity (Wildman–Crippen MR) is 116 cm³/mol. The predicted octanol–water partition coefficient (Wildman–Crippen LogP) is 4.29. The average Bonchev–Trinajstić information content (AvgIpc) is 3.41. The van der Waals surface area contributed by atoms with Gasteiger partial charge < -0.3 is 10.6 Å². The van der Waals surface area contributed by atoms with Crippen molar-refractivity contribution in [2.45, 2.75) is 17.7 Å². The molecule has 1 amide bonds. The molecule has 1 heterocycles. The minimum absolute atomic E-state index is 0.215. The SMILES string of the molecule is CS(=O)(=O)c1ccc(NC(=O)c2cccc(-c3csc(NCC4CC4)n3)c2)cc1. The number of sulfone groups is 1. The molecule has 0 unspecified atom stereocenters. The van der Waals surface area contributed by atoms with Gasteiger partial charge >= 0.3 is 0 Å². The number of rotatable bonds is 7. The van der Waals surface area contributed by atoms with Crippen LogP contribution in [0.3, 0.4) is 0 Å². The third kappa shape index (κ3) is 5.02. The lowest BCUT2D eigenvalue weighted by molar-refractivity contribution is 0.102. The maximum Gasteiger partial charge on any atom is 0.255 e. The molecule has 4 rings (SSSR count). The monoisotopic (exact) mass is 427 g/mol. The van der Waals surface area contributed by atoms with Gasteiger partial charge in [0.05, 0.1) is 10.6 Å². The smallest absolute Gasteiger partial charge is 0.255 e. The Bertz CT molecular complexity index is 1130. The van der Waals surface area contributed by atoms with Crippen molar-refractivity contribution in [1.29, 1.82) is 0 Å². The minimum atomic E-state index is -3.26. The summed E-state index contributed by atoms with van der Waals surface area (Å²) in [5, 5.41) is 9.04. The summed E-state index contributed by atoms with van der Waals surface area (Å²) in [6, 6.07) is 13.4. The summed E-state index contributed by atoms with van der Waals surface area (Å²) >= 11 is 1.56. The van der Waals surface area contributed by atoms with Crippen molar-refractivity contribution in [3.8, 4) is 11.3 Å². The Morgan fingerprint density at radius 3 is 2.62 bits per heavy atom. The van der Waals surface area contributed by atoms with E-state index in [1.807, 2.05) is 17.5 Å². The summed E-state index contributed by atoms with van der Waals surface area (Å²) in [6.07, 6.45) is 3.73. The second kappa shape index (κ2) is 7.96. The molecule has 0 spiro atoms. The van der Waals surface area contributed by atoms with Crippen LogP contribution in [0.2, 0.25) is 0 Å². The molecule has 29 heavy (non-hydrogen) atoms. The van der Waals surface area contributed by atoms with Gasteiger partial charge in [0.2, 0.25) is 0 Å². The fraction of sp³-hybridized carbons (Fsp3) is 0.238. The maximum atomic E-state index is 12.6. The number of carbonyl (C=O) groups is 1. The van der Waals surface area contributed by atoms with Crippen molar-refractivity contribution in [1.82, 2.24) is 4.98 Å². The van der Waals surface area contributed by atoms with E-state index in [9.17, 15) is 13.2 Å². The number of amides is 1. The van der Waals surface area contributed by atoms with E-state index < -0.39 is 9.84 Å². The summed E-state index contributed by atoms with van der Waals surface area (Å²) in [5.41, 5.74) is 2.75. The Morgan fingerprint density at radius 1 is 1.17 bits per heavy atom. The van der Waals surface area contributed by atoms with Crippen LogP contribution in [0.4, 0.5) is 10.8 Å². The van der Waals surface area contributed by atoms with Crippen molar-refractivity contribution in [2.24, 2.45) is 5.92 Å². The lowest BCUT2D eigenvalue weighted by Crippen LogP contribution is -2.12. The van der Waals surface area contributed by atoms with Crippen LogP contribution in [0, 0.1) is 5.92 Å². The van der Waals surface area contributed by atoms with Crippen LogP contribution in [0.15, 0.2) is 58.8 Å². The summed E-state index contributed by atoms with van der Waals surface area (Å²) in [4.78, 5) is 17.4. The highest BCUT2D eigenvalue weighted by molar-refractivity contribution is 7.90. The van der Waals surface area contributed by atoms with Gasteiger partial charge in [-0.25, -0.2) is 13.4 Å². The molecule has 150 valence electrons. The van der Waals surface area contributed by atoms with Gasteiger partial charge in [0, 0.05) is 35.0 Å². The highest BCUT2D eigenvalue weighted by Crippen LogP contribution is 2.31. The first-order chi connectivity index (χ1) is 13.9. The zero-order valence-corrected chi connectivity index (χ0v) is 17.5. The number of aromatic nitrogens is 1. The molecule has 0 saturated heterocycles. The summed E-state index contributed by atoms with van der Waals surface area (Å²) in [7, 11) is -3.26. The Balaban J connectivity index is 1.45. The van der Waals surface area contributed by atoms with Gasteiger partial charge in [-0.05, 0) is 55.2 Å². The molecule has 0 bridgehead atoms. The van der Waals surface area contributed by atoms with Gasteiger partial charge in [0.25, 0.3) is 5.91 Å². The first kappa shape index (κ1) is 19.6. The maximum absolute atomic E-state index is 12.6. The number of carbonyl (C=O) groups excluding carboxylic acids is 1. The van der Waals surface area contributed by atoms with Crippen molar-refractivity contribution >= 4 is 37.9 Å². The third-order valence-electron chi connectivity index (χ3n) is 4.70. The quantitative estimate of drug-likeness (QED) is 0.587. The Hall–Kier alpha value is -2.71. The first-order valence-electron chi connectivity index (χ1n) is 9.30. The molecular formula is C21H21N3O3S2. The molecule has 0 aliphatic heterocycles. The van der Waals surface area contributed by atoms with Crippen LogP contribution in [0.25, 0.3) is 11.3 Å². The van der Waals surface area contributed by atoms with Gasteiger partial charge in [0.1, 0.15) is 0 Å². The van der Waals surface area contributed by atoms with E-state index in [1.165, 1.54) is 25.0 Å². The molecule has 2 N–H and O–H groups in total. The lowest BCUT2D eigenvalue weighted by Gasteiger charge is -2.07. The van der Waals surface area contributed by atoms with E-state index in [0.29, 0.717) is 11.3 Å². The fourth-order valence-electron chi connectivity index (χ4n) is 2.85. The molecule has 1 saturated carbocycles. The summed E-state index contributed by atoms with van der Waals surface area (Å²) in [6.45, 7) is 0.966. The molecule has 1 fully saturated rings. The van der Waals surface area contributed by atoms with Crippen molar-refractivity contribution in [2.75, 3.05) is 23.4 Å². The fourth-order valence-corrected chi connectivity index (χ4v) is 4.21. The molecule has 3 aromatic rings. The van der Waals surface area contributed by atoms with Crippen LogP contribution < -0.4 is 10.6 Å². The highest BCUT2D eigenvalue weighted by Gasteiger charge is 2.21. The normalized spacial score (nSPS) is 13.8. The van der Waals surface area contributed by atoms with Crippen LogP contribution >= 0.6 is 11.3 Å². The zero-order valence-electron chi connectivity index (χ0n) is 15.9. The van der Waals surface area contributed by atoms with E-state index >= 15 is 0 Å². The van der Waals surface area contributed by atoms with Gasteiger partial charge in [-0.2, -0.15) is 0 Å². The van der Waals surface area contributed by atoms with Crippen molar-refractivity contribution in [3.63, 3.8) is 0 Å². The molecule has 0 radical (unpaired) electrons. The number of hydrogen-bond acceptors (Lipinski definition) is 6. The van der Waals surface area contributed by atoms with Crippen molar-refractivity contribution < 1.29 is 13.2 Å². The minimum Gasteiger partial charge on any atom is -0.361 e. The van der Waals surface area contributed by atoms with Crippen LogP contribution in [-0.4, -0.2) is 32.1 Å². The molecular weight excluding hydrogens is 406 g/mol. The topological polar surface area (TPSA) is 88.2 Å². The van der Waals surface area contributed by atoms with E-state index in [0.717, 1.165) is 35.1 Å². The van der Waals surface area contributed by atoms with Gasteiger partial charge in [-0.15, -0.1) is 11.3 Å². The van der Waals surface area contributed by atoms with E-state index in [2.05, 4.69) is 15.6 Å². The lowest BCUT2D eigenvalue weighted by atomic mass is 10.1. The second-order valence-electron chi connectivity index (χ2n) is 7.19. The Morgan fingerprint density at radius 2 is 1.93 bits per heavy atom. The van der Waals surface area contributed by atoms with Gasteiger partial charge in [-0.3, -0.25) is 4.79 Å². The molecule has 6 nitrogen and oxygen atoms in total. The van der Waals surface area contributed by atoms with Gasteiger partial charge in [-0.1, -0.05) is 12.1 Å². The van der Waals surface area contributed by atoms with E-state index in [1.54, 1.807) is 35.6 Å². The highest BCUT2D eigenvalue weighted by atomic mass is 32.2. The molecule has 2 aromatic carbocycles. The molecule has 1 aromatic heterocycles. The zero-order chi connectivity index (χ0) is 20.4. The number of hydrogen-bond donors (Lipinski definition) is 2. The molecule has 1 aliphatic carbocycles. The number of thiazole rings is 1. The number of nitrogens with one attached hydrogen (secondary N) is 2. The standard InChI is InChI=1S/C21H21N3O3S2/c1-29(26,27)18-9-7-17(8-10-18)23-20(25)16-4-2-3-15(11-16)19-13-28-21(24-19)22-12-14-5-6-14/h2-4,7-11,13-14H,5-6,12H2,1H3,(H,22,24)(H,23,25). The second-order valence-corrected chi connectivity index (χ2v) is 10.1. The molecule has 8 heteroatoms. The number of benzene rings is 2. The molecule has 1 aliphatic rings. The summed E-state index contributed by atoms with van der Waals surface area (Å²) < 4.78 is 23.1. The molecule has 0 atom stereocenters. The van der Waals surface area contributed by atoms with Crippen LogP contribution in [0.1, 0.15) is 23.2 Å². The number of nitrogens with zero attached hydrogens (tertiary/aromatic N) is 1. The average molecular weight is 428 g/mol. The first-order valence-corrected chi connectivity index (χ1v) is 12.1. The van der Waals surface area contributed by atoms with Crippen LogP contribution in [-0.2, 0) is 9.84 Å². The van der Waals surface area contributed by atoms with E-state index in [4.69, 9.17) is 0 Å². The largest absolute Gasteiger partial charge is 0.361 e. The van der Waals surface area contributed by atoms with Crippen molar-refractivity contribution in [3.05, 3.63) is 59.5 Å². The third-order valence-corrected chi connectivity index (χ3v) is 6.63. The number of anilines is 2.